The standard InChI is InChI=1S/C33H38FN3O8/c1-19(2)31-20(3)8-7-11-28(31)44-18-30(38)36-24-13-12-21(16-29(24)43-4)35-17-23-27(15-14-25(32(23)34)37(41)42)45-26-10-6-5-9-22(26)33(39)40/h5-6,9-10,12-16,19-20,28,31,35H,7-8,11,17-18H2,1-4H3,(H,36,38)(H,39,40). The number of ether oxygens (including phenoxy) is 3. The van der Waals surface area contributed by atoms with E-state index in [9.17, 15) is 24.8 Å². The summed E-state index contributed by atoms with van der Waals surface area (Å²) in [7, 11) is 1.44. The number of carboxylic acids is 1. The number of nitrogens with zero attached hydrogens (tertiary/aromatic N) is 1. The van der Waals surface area contributed by atoms with Crippen LogP contribution in [0, 0.1) is 33.7 Å². The maximum Gasteiger partial charge on any atom is 0.339 e. The fourth-order valence-corrected chi connectivity index (χ4v) is 5.98. The molecule has 1 aliphatic rings. The summed E-state index contributed by atoms with van der Waals surface area (Å²) in [4.78, 5) is 35.0. The van der Waals surface area contributed by atoms with Gasteiger partial charge in [0.25, 0.3) is 0 Å². The molecule has 1 aliphatic carbocycles. The molecule has 1 saturated carbocycles. The third-order valence-corrected chi connectivity index (χ3v) is 8.09. The second-order valence-corrected chi connectivity index (χ2v) is 11.4. The molecule has 0 aliphatic heterocycles. The van der Waals surface area contributed by atoms with Gasteiger partial charge in [0.05, 0.1) is 29.4 Å². The Kier molecular flexibility index (Phi) is 10.9. The van der Waals surface area contributed by atoms with Crippen LogP contribution < -0.4 is 20.1 Å². The molecule has 3 aromatic carbocycles. The highest BCUT2D eigenvalue weighted by molar-refractivity contribution is 5.93. The van der Waals surface area contributed by atoms with Crippen LogP contribution in [0.1, 0.15) is 56.0 Å². The third-order valence-electron chi connectivity index (χ3n) is 8.09. The van der Waals surface area contributed by atoms with Gasteiger partial charge in [0.2, 0.25) is 11.7 Å². The third kappa shape index (κ3) is 8.07. The minimum absolute atomic E-state index is 0.0219. The van der Waals surface area contributed by atoms with Crippen molar-refractivity contribution in [2.75, 3.05) is 24.4 Å². The Balaban J connectivity index is 1.48. The molecule has 0 saturated heterocycles. The smallest absolute Gasteiger partial charge is 0.339 e. The van der Waals surface area contributed by atoms with E-state index in [-0.39, 0.29) is 47.8 Å². The number of nitro benzene ring substituents is 1. The van der Waals surface area contributed by atoms with Crippen molar-refractivity contribution in [3.8, 4) is 17.2 Å². The first-order valence-electron chi connectivity index (χ1n) is 14.8. The van der Waals surface area contributed by atoms with Gasteiger partial charge in [-0.15, -0.1) is 0 Å². The molecule has 3 aromatic rings. The van der Waals surface area contributed by atoms with Crippen molar-refractivity contribution in [1.82, 2.24) is 0 Å². The van der Waals surface area contributed by atoms with Gasteiger partial charge in [-0.2, -0.15) is 4.39 Å². The van der Waals surface area contributed by atoms with E-state index >= 15 is 4.39 Å². The fraction of sp³-hybridized carbons (Fsp3) is 0.394. The van der Waals surface area contributed by atoms with E-state index in [1.807, 2.05) is 0 Å². The molecule has 0 bridgehead atoms. The predicted molar refractivity (Wildman–Crippen MR) is 167 cm³/mol. The minimum atomic E-state index is -1.25. The number of nitrogens with one attached hydrogen (secondary N) is 2. The summed E-state index contributed by atoms with van der Waals surface area (Å²) < 4.78 is 32.6. The number of anilines is 2. The van der Waals surface area contributed by atoms with Crippen LogP contribution in [0.15, 0.2) is 54.6 Å². The van der Waals surface area contributed by atoms with Gasteiger partial charge in [-0.3, -0.25) is 14.9 Å². The number of halogens is 1. The molecule has 0 heterocycles. The Morgan fingerprint density at radius 2 is 1.84 bits per heavy atom. The highest BCUT2D eigenvalue weighted by Gasteiger charge is 2.34. The zero-order chi connectivity index (χ0) is 32.7. The van der Waals surface area contributed by atoms with Gasteiger partial charge in [0.1, 0.15) is 29.4 Å². The second-order valence-electron chi connectivity index (χ2n) is 11.4. The molecule has 3 N–H and O–H groups in total. The number of nitro groups is 1. The first kappa shape index (κ1) is 33.2. The maximum absolute atomic E-state index is 15.3. The van der Waals surface area contributed by atoms with Gasteiger partial charge in [-0.1, -0.05) is 45.7 Å². The van der Waals surface area contributed by atoms with Crippen LogP contribution in [0.3, 0.4) is 0 Å². The van der Waals surface area contributed by atoms with Gasteiger partial charge in [0, 0.05) is 24.4 Å². The van der Waals surface area contributed by atoms with Gasteiger partial charge in [-0.05, 0) is 54.5 Å². The molecule has 0 spiro atoms. The number of benzene rings is 3. The molecule has 11 nitrogen and oxygen atoms in total. The summed E-state index contributed by atoms with van der Waals surface area (Å²) >= 11 is 0. The molecule has 4 rings (SSSR count). The Morgan fingerprint density at radius 1 is 1.09 bits per heavy atom. The topological polar surface area (TPSA) is 149 Å². The van der Waals surface area contributed by atoms with Crippen molar-refractivity contribution in [1.29, 1.82) is 0 Å². The highest BCUT2D eigenvalue weighted by atomic mass is 19.1. The van der Waals surface area contributed by atoms with Gasteiger partial charge >= 0.3 is 11.7 Å². The Morgan fingerprint density at radius 3 is 2.53 bits per heavy atom. The molecule has 12 heteroatoms. The quantitative estimate of drug-likeness (QED) is 0.132. The van der Waals surface area contributed by atoms with Crippen molar-refractivity contribution in [3.05, 3.63) is 81.7 Å². The van der Waals surface area contributed by atoms with Crippen molar-refractivity contribution < 1.29 is 38.2 Å². The SMILES string of the molecule is COc1cc(NCc2c(Oc3ccccc3C(=O)O)ccc([N+](=O)[O-])c2F)ccc1NC(=O)COC1CCCC(C)C1C(C)C. The first-order valence-corrected chi connectivity index (χ1v) is 14.8. The Bertz CT molecular complexity index is 1550. The summed E-state index contributed by atoms with van der Waals surface area (Å²) in [6.07, 6.45) is 3.18. The molecule has 0 aromatic heterocycles. The molecular weight excluding hydrogens is 585 g/mol. The second kappa shape index (κ2) is 14.8. The lowest BCUT2D eigenvalue weighted by Crippen LogP contribution is -2.38. The lowest BCUT2D eigenvalue weighted by molar-refractivity contribution is -0.387. The largest absolute Gasteiger partial charge is 0.494 e. The lowest BCUT2D eigenvalue weighted by Gasteiger charge is -2.38. The summed E-state index contributed by atoms with van der Waals surface area (Å²) in [6.45, 7) is 6.26. The van der Waals surface area contributed by atoms with E-state index in [0.29, 0.717) is 34.9 Å². The van der Waals surface area contributed by atoms with Crippen LogP contribution in [0.25, 0.3) is 0 Å². The molecule has 45 heavy (non-hydrogen) atoms. The zero-order valence-corrected chi connectivity index (χ0v) is 25.7. The van der Waals surface area contributed by atoms with Crippen molar-refractivity contribution in [2.45, 2.75) is 52.7 Å². The monoisotopic (exact) mass is 623 g/mol. The van der Waals surface area contributed by atoms with Gasteiger partial charge in [0.15, 0.2) is 0 Å². The lowest BCUT2D eigenvalue weighted by atomic mass is 9.72. The number of hydrogen-bond donors (Lipinski definition) is 3. The molecule has 0 radical (unpaired) electrons. The fourth-order valence-electron chi connectivity index (χ4n) is 5.98. The summed E-state index contributed by atoms with van der Waals surface area (Å²) in [5.74, 6) is -1.14. The van der Waals surface area contributed by atoms with Gasteiger partial charge in [-0.25, -0.2) is 4.79 Å². The van der Waals surface area contributed by atoms with E-state index in [1.165, 1.54) is 31.4 Å². The highest BCUT2D eigenvalue weighted by Crippen LogP contribution is 2.37. The summed E-state index contributed by atoms with van der Waals surface area (Å²) in [5, 5.41) is 26.7. The van der Waals surface area contributed by atoms with Crippen molar-refractivity contribution in [2.24, 2.45) is 17.8 Å². The van der Waals surface area contributed by atoms with E-state index < -0.39 is 22.4 Å². The maximum atomic E-state index is 15.3. The van der Waals surface area contributed by atoms with Crippen molar-refractivity contribution >= 4 is 28.9 Å². The number of para-hydroxylation sites is 1. The molecular formula is C33H38FN3O8. The molecule has 240 valence electrons. The van der Waals surface area contributed by atoms with Crippen LogP contribution in [-0.4, -0.2) is 41.7 Å². The number of rotatable bonds is 13. The molecule has 1 fully saturated rings. The van der Waals surface area contributed by atoms with Crippen LogP contribution in [0.2, 0.25) is 0 Å². The van der Waals surface area contributed by atoms with E-state index in [0.717, 1.165) is 25.3 Å². The van der Waals surface area contributed by atoms with Crippen LogP contribution in [0.5, 0.6) is 17.2 Å². The molecule has 3 atom stereocenters. The van der Waals surface area contributed by atoms with Crippen LogP contribution >= 0.6 is 0 Å². The van der Waals surface area contributed by atoms with Crippen LogP contribution in [-0.2, 0) is 16.1 Å². The summed E-state index contributed by atoms with van der Waals surface area (Å²) in [5.41, 5.74) is -0.235. The summed E-state index contributed by atoms with van der Waals surface area (Å²) in [6, 6.07) is 12.8. The number of methoxy groups -OCH3 is 1. The Labute approximate surface area is 260 Å². The number of aromatic carboxylic acids is 1. The number of carbonyl (C=O) groups is 2. The van der Waals surface area contributed by atoms with E-state index in [2.05, 4.69) is 31.4 Å². The molecule has 3 unspecified atom stereocenters. The van der Waals surface area contributed by atoms with E-state index in [1.54, 1.807) is 24.3 Å². The number of carbonyl (C=O) groups excluding carboxylic acids is 1. The van der Waals surface area contributed by atoms with Gasteiger partial charge < -0.3 is 30.0 Å². The predicted octanol–water partition coefficient (Wildman–Crippen LogP) is 7.26. The normalized spacial score (nSPS) is 17.9. The first-order chi connectivity index (χ1) is 21.5. The zero-order valence-electron chi connectivity index (χ0n) is 25.7. The average Bonchev–Trinajstić information content (AvgIpc) is 3.00. The number of carboxylic acid groups (broad SMARTS) is 1. The van der Waals surface area contributed by atoms with E-state index in [4.69, 9.17) is 14.2 Å². The van der Waals surface area contributed by atoms with Crippen molar-refractivity contribution in [3.63, 3.8) is 0 Å². The molecule has 1 amide bonds. The minimum Gasteiger partial charge on any atom is -0.494 e. The average molecular weight is 624 g/mol. The number of hydrogen-bond acceptors (Lipinski definition) is 8. The Hall–Kier alpha value is -4.71. The van der Waals surface area contributed by atoms with Crippen LogP contribution in [0.4, 0.5) is 21.5 Å². The number of amides is 1.